The van der Waals surface area contributed by atoms with Gasteiger partial charge in [0.15, 0.2) is 0 Å². The summed E-state index contributed by atoms with van der Waals surface area (Å²) in [4.78, 5) is 23.6. The van der Waals surface area contributed by atoms with Crippen LogP contribution in [0.15, 0.2) is 59.7 Å². The van der Waals surface area contributed by atoms with Gasteiger partial charge in [-0.1, -0.05) is 54.1 Å². The molecule has 2 rings (SSSR count). The monoisotopic (exact) mass is 329 g/mol. The first-order valence-corrected chi connectivity index (χ1v) is 7.37. The Morgan fingerprint density at radius 2 is 1.65 bits per heavy atom. The van der Waals surface area contributed by atoms with E-state index in [-0.39, 0.29) is 6.42 Å². The minimum Gasteiger partial charge on any atom is -0.324 e. The summed E-state index contributed by atoms with van der Waals surface area (Å²) >= 11 is 5.94. The van der Waals surface area contributed by atoms with Gasteiger partial charge in [0.1, 0.15) is 6.42 Å². The van der Waals surface area contributed by atoms with Crippen molar-refractivity contribution < 1.29 is 9.59 Å². The fraction of sp³-hybridized carbons (Fsp3) is 0.118. The Hall–Kier alpha value is -2.66. The van der Waals surface area contributed by atoms with Gasteiger partial charge in [0.05, 0.1) is 16.4 Å². The standard InChI is InChI=1S/C17H16ClN3O2/c1-12(13-7-3-2-4-8-13)20-21-17(23)11-16(22)19-15-10-6-5-9-14(15)18/h2-10H,11H2,1H3,(H,19,22)(H,21,23)/b20-12+. The average Bonchev–Trinajstić information content (AvgIpc) is 2.55. The second-order valence-corrected chi connectivity index (χ2v) is 5.21. The highest BCUT2D eigenvalue weighted by Gasteiger charge is 2.10. The summed E-state index contributed by atoms with van der Waals surface area (Å²) in [6.07, 6.45) is -0.337. The number of halogens is 1. The highest BCUT2D eigenvalue weighted by molar-refractivity contribution is 6.33. The first-order chi connectivity index (χ1) is 11.1. The zero-order valence-corrected chi connectivity index (χ0v) is 13.3. The van der Waals surface area contributed by atoms with Crippen molar-refractivity contribution in [3.8, 4) is 0 Å². The van der Waals surface area contributed by atoms with E-state index in [0.29, 0.717) is 16.4 Å². The number of anilines is 1. The van der Waals surface area contributed by atoms with E-state index in [1.807, 2.05) is 30.3 Å². The van der Waals surface area contributed by atoms with E-state index in [1.165, 1.54) is 0 Å². The second-order valence-electron chi connectivity index (χ2n) is 4.80. The molecule has 0 atom stereocenters. The minimum atomic E-state index is -0.496. The van der Waals surface area contributed by atoms with Gasteiger partial charge in [-0.05, 0) is 24.6 Å². The van der Waals surface area contributed by atoms with Crippen LogP contribution >= 0.6 is 11.6 Å². The summed E-state index contributed by atoms with van der Waals surface area (Å²) in [7, 11) is 0. The maximum atomic E-state index is 11.8. The average molecular weight is 330 g/mol. The van der Waals surface area contributed by atoms with Crippen molar-refractivity contribution in [2.45, 2.75) is 13.3 Å². The van der Waals surface area contributed by atoms with Crippen molar-refractivity contribution in [2.75, 3.05) is 5.32 Å². The van der Waals surface area contributed by atoms with Gasteiger partial charge < -0.3 is 5.32 Å². The number of amides is 2. The first kappa shape index (κ1) is 16.7. The van der Waals surface area contributed by atoms with E-state index in [0.717, 1.165) is 5.56 Å². The van der Waals surface area contributed by atoms with Crippen LogP contribution in [-0.2, 0) is 9.59 Å². The Morgan fingerprint density at radius 1 is 1.00 bits per heavy atom. The van der Waals surface area contributed by atoms with Crippen molar-refractivity contribution >= 4 is 34.8 Å². The number of benzene rings is 2. The van der Waals surface area contributed by atoms with Crippen LogP contribution < -0.4 is 10.7 Å². The van der Waals surface area contributed by atoms with Crippen LogP contribution in [0.5, 0.6) is 0 Å². The molecule has 0 spiro atoms. The molecule has 0 aliphatic heterocycles. The van der Waals surface area contributed by atoms with E-state index in [2.05, 4.69) is 15.8 Å². The van der Waals surface area contributed by atoms with E-state index in [9.17, 15) is 9.59 Å². The molecule has 0 aromatic heterocycles. The molecule has 5 nitrogen and oxygen atoms in total. The van der Waals surface area contributed by atoms with Crippen LogP contribution in [0.25, 0.3) is 0 Å². The van der Waals surface area contributed by atoms with Gasteiger partial charge in [-0.15, -0.1) is 0 Å². The first-order valence-electron chi connectivity index (χ1n) is 6.99. The molecule has 118 valence electrons. The predicted octanol–water partition coefficient (Wildman–Crippen LogP) is 3.21. The van der Waals surface area contributed by atoms with Crippen molar-refractivity contribution in [3.05, 3.63) is 65.2 Å². The highest BCUT2D eigenvalue weighted by atomic mass is 35.5. The summed E-state index contributed by atoms with van der Waals surface area (Å²) in [6, 6.07) is 16.3. The Balaban J connectivity index is 1.87. The molecule has 0 heterocycles. The minimum absolute atomic E-state index is 0.337. The number of nitrogens with zero attached hydrogens (tertiary/aromatic N) is 1. The molecule has 0 aliphatic rings. The molecule has 0 saturated carbocycles. The van der Waals surface area contributed by atoms with Crippen molar-refractivity contribution in [1.29, 1.82) is 0 Å². The van der Waals surface area contributed by atoms with Gasteiger partial charge in [0.25, 0.3) is 0 Å². The Bertz CT molecular complexity index is 730. The van der Waals surface area contributed by atoms with Crippen molar-refractivity contribution in [3.63, 3.8) is 0 Å². The molecule has 6 heteroatoms. The maximum Gasteiger partial charge on any atom is 0.249 e. The Kier molecular flexibility index (Phi) is 5.88. The van der Waals surface area contributed by atoms with Crippen molar-refractivity contribution in [1.82, 2.24) is 5.43 Å². The van der Waals surface area contributed by atoms with Gasteiger partial charge >= 0.3 is 0 Å². The van der Waals surface area contributed by atoms with Crippen LogP contribution in [0.3, 0.4) is 0 Å². The summed E-state index contributed by atoms with van der Waals surface area (Å²) in [5.74, 6) is -0.951. The van der Waals surface area contributed by atoms with Gasteiger partial charge in [-0.3, -0.25) is 9.59 Å². The summed E-state index contributed by atoms with van der Waals surface area (Å²) in [5, 5.41) is 6.98. The van der Waals surface area contributed by atoms with Crippen LogP contribution in [-0.4, -0.2) is 17.5 Å². The third-order valence-corrected chi connectivity index (χ3v) is 3.34. The van der Waals surface area contributed by atoms with Crippen LogP contribution in [0.4, 0.5) is 5.69 Å². The highest BCUT2D eigenvalue weighted by Crippen LogP contribution is 2.20. The van der Waals surface area contributed by atoms with Gasteiger partial charge in [0.2, 0.25) is 11.8 Å². The normalized spacial score (nSPS) is 11.0. The largest absolute Gasteiger partial charge is 0.324 e. The molecule has 2 N–H and O–H groups in total. The number of hydrogen-bond acceptors (Lipinski definition) is 3. The topological polar surface area (TPSA) is 70.6 Å². The predicted molar refractivity (Wildman–Crippen MR) is 91.5 cm³/mol. The van der Waals surface area contributed by atoms with Gasteiger partial charge in [-0.25, -0.2) is 5.43 Å². The van der Waals surface area contributed by atoms with Gasteiger partial charge in [0, 0.05) is 0 Å². The fourth-order valence-electron chi connectivity index (χ4n) is 1.83. The summed E-state index contributed by atoms with van der Waals surface area (Å²) in [5.41, 5.74) is 4.39. The second kappa shape index (κ2) is 8.10. The molecular formula is C17H16ClN3O2. The zero-order valence-electron chi connectivity index (χ0n) is 12.5. The lowest BCUT2D eigenvalue weighted by Crippen LogP contribution is -2.25. The van der Waals surface area contributed by atoms with Crippen LogP contribution in [0.2, 0.25) is 5.02 Å². The molecule has 2 aromatic carbocycles. The Morgan fingerprint density at radius 3 is 2.35 bits per heavy atom. The van der Waals surface area contributed by atoms with Crippen molar-refractivity contribution in [2.24, 2.45) is 5.10 Å². The molecule has 0 unspecified atom stereocenters. The van der Waals surface area contributed by atoms with E-state index < -0.39 is 11.8 Å². The number of carbonyl (C=O) groups excluding carboxylic acids is 2. The van der Waals surface area contributed by atoms with Gasteiger partial charge in [-0.2, -0.15) is 5.10 Å². The fourth-order valence-corrected chi connectivity index (χ4v) is 2.02. The molecule has 0 saturated heterocycles. The zero-order chi connectivity index (χ0) is 16.7. The molecule has 23 heavy (non-hydrogen) atoms. The number of nitrogens with one attached hydrogen (secondary N) is 2. The van der Waals surface area contributed by atoms with Crippen LogP contribution in [0.1, 0.15) is 18.9 Å². The number of hydrogen-bond donors (Lipinski definition) is 2. The summed E-state index contributed by atoms with van der Waals surface area (Å²) < 4.78 is 0. The number of rotatable bonds is 5. The molecule has 2 amide bonds. The SMILES string of the molecule is C/C(=N\NC(=O)CC(=O)Nc1ccccc1Cl)c1ccccc1. The maximum absolute atomic E-state index is 11.8. The number of para-hydroxylation sites is 1. The Labute approximate surface area is 139 Å². The molecule has 0 fully saturated rings. The third kappa shape index (κ3) is 5.23. The quantitative estimate of drug-likeness (QED) is 0.502. The molecule has 0 aliphatic carbocycles. The molecule has 0 radical (unpaired) electrons. The third-order valence-electron chi connectivity index (χ3n) is 3.01. The number of carbonyl (C=O) groups is 2. The lowest BCUT2D eigenvalue weighted by molar-refractivity contribution is -0.126. The van der Waals surface area contributed by atoms with Crippen LogP contribution in [0, 0.1) is 0 Å². The molecule has 2 aromatic rings. The lowest BCUT2D eigenvalue weighted by atomic mass is 10.1. The van der Waals surface area contributed by atoms with E-state index >= 15 is 0 Å². The molecule has 0 bridgehead atoms. The number of hydrazone groups is 1. The summed E-state index contributed by atoms with van der Waals surface area (Å²) in [6.45, 7) is 1.78. The lowest BCUT2D eigenvalue weighted by Gasteiger charge is -2.06. The van der Waals surface area contributed by atoms with E-state index in [1.54, 1.807) is 31.2 Å². The molecular weight excluding hydrogens is 314 g/mol. The smallest absolute Gasteiger partial charge is 0.249 e. The van der Waals surface area contributed by atoms with E-state index in [4.69, 9.17) is 11.6 Å².